The molecule has 2 aromatic rings. The highest BCUT2D eigenvalue weighted by Crippen LogP contribution is 2.12. The third-order valence-corrected chi connectivity index (χ3v) is 3.22. The first-order valence-corrected chi connectivity index (χ1v) is 6.15. The lowest BCUT2D eigenvalue weighted by Gasteiger charge is -2.10. The molecule has 0 aliphatic carbocycles. The Bertz CT molecular complexity index is 582. The number of nitrogens with zero attached hydrogens (tertiary/aromatic N) is 1. The van der Waals surface area contributed by atoms with Crippen molar-refractivity contribution in [2.75, 3.05) is 6.54 Å². The molecule has 18 heavy (non-hydrogen) atoms. The first-order valence-electron chi connectivity index (χ1n) is 6.15. The zero-order chi connectivity index (χ0) is 12.4. The molecule has 1 saturated heterocycles. The highest BCUT2D eigenvalue weighted by molar-refractivity contribution is 5.79. The van der Waals surface area contributed by atoms with Gasteiger partial charge in [-0.3, -0.25) is 9.78 Å². The fourth-order valence-corrected chi connectivity index (χ4v) is 2.22. The predicted octanol–water partition coefficient (Wildman–Crippen LogP) is 1.21. The van der Waals surface area contributed by atoms with Gasteiger partial charge in [0.05, 0.1) is 5.52 Å². The van der Waals surface area contributed by atoms with Crippen LogP contribution in [0, 0.1) is 0 Å². The van der Waals surface area contributed by atoms with Crippen molar-refractivity contribution in [1.29, 1.82) is 0 Å². The van der Waals surface area contributed by atoms with Gasteiger partial charge in [0, 0.05) is 37.1 Å². The minimum absolute atomic E-state index is 0.129. The maximum absolute atomic E-state index is 11.1. The Morgan fingerprint density at radius 1 is 1.39 bits per heavy atom. The largest absolute Gasteiger partial charge is 0.354 e. The summed E-state index contributed by atoms with van der Waals surface area (Å²) in [5.41, 5.74) is 2.16. The molecule has 1 unspecified atom stereocenters. The molecule has 1 aromatic carbocycles. The molecule has 1 aromatic heterocycles. The van der Waals surface area contributed by atoms with Crippen molar-refractivity contribution < 1.29 is 4.79 Å². The average molecular weight is 241 g/mol. The van der Waals surface area contributed by atoms with Crippen molar-refractivity contribution in [3.05, 3.63) is 42.1 Å². The standard InChI is InChI=1S/C14H15N3O/c18-14-6-12(9-17-14)15-7-10-5-11-3-1-2-4-13(11)16-8-10/h1-5,8,12,15H,6-7,9H2,(H,17,18). The third kappa shape index (κ3) is 2.33. The second kappa shape index (κ2) is 4.74. The number of rotatable bonds is 3. The van der Waals surface area contributed by atoms with Gasteiger partial charge in [-0.15, -0.1) is 0 Å². The normalized spacial score (nSPS) is 19.1. The molecular weight excluding hydrogens is 226 g/mol. The molecule has 1 amide bonds. The average Bonchev–Trinajstić information content (AvgIpc) is 2.82. The van der Waals surface area contributed by atoms with Gasteiger partial charge in [-0.2, -0.15) is 0 Å². The van der Waals surface area contributed by atoms with Crippen molar-refractivity contribution >= 4 is 16.8 Å². The van der Waals surface area contributed by atoms with E-state index in [0.29, 0.717) is 6.42 Å². The summed E-state index contributed by atoms with van der Waals surface area (Å²) in [6, 6.07) is 10.5. The number of fused-ring (bicyclic) bond motifs is 1. The highest BCUT2D eigenvalue weighted by atomic mass is 16.1. The molecule has 1 aliphatic rings. The Morgan fingerprint density at radius 3 is 3.11 bits per heavy atom. The van der Waals surface area contributed by atoms with Gasteiger partial charge in [0.2, 0.25) is 5.91 Å². The fraction of sp³-hybridized carbons (Fsp3) is 0.286. The lowest BCUT2D eigenvalue weighted by molar-refractivity contribution is -0.119. The van der Waals surface area contributed by atoms with Gasteiger partial charge in [-0.05, 0) is 17.7 Å². The van der Waals surface area contributed by atoms with Gasteiger partial charge >= 0.3 is 0 Å². The molecular formula is C14H15N3O. The second-order valence-electron chi connectivity index (χ2n) is 4.62. The summed E-state index contributed by atoms with van der Waals surface area (Å²) in [4.78, 5) is 15.5. The molecule has 2 heterocycles. The minimum Gasteiger partial charge on any atom is -0.354 e. The van der Waals surface area contributed by atoms with Crippen LogP contribution in [0.3, 0.4) is 0 Å². The quantitative estimate of drug-likeness (QED) is 0.849. The van der Waals surface area contributed by atoms with Gasteiger partial charge in [0.15, 0.2) is 0 Å². The molecule has 4 heteroatoms. The number of hydrogen-bond donors (Lipinski definition) is 2. The van der Waals surface area contributed by atoms with E-state index >= 15 is 0 Å². The summed E-state index contributed by atoms with van der Waals surface area (Å²) in [6.07, 6.45) is 2.46. The first kappa shape index (κ1) is 11.2. The summed E-state index contributed by atoms with van der Waals surface area (Å²) in [6.45, 7) is 1.47. The number of amides is 1. The fourth-order valence-electron chi connectivity index (χ4n) is 2.22. The van der Waals surface area contributed by atoms with E-state index in [1.54, 1.807) is 0 Å². The Kier molecular flexibility index (Phi) is 2.94. The van der Waals surface area contributed by atoms with E-state index in [4.69, 9.17) is 0 Å². The minimum atomic E-state index is 0.129. The van der Waals surface area contributed by atoms with E-state index in [0.717, 1.165) is 29.6 Å². The molecule has 0 spiro atoms. The Morgan fingerprint density at radius 2 is 2.28 bits per heavy atom. The van der Waals surface area contributed by atoms with Gasteiger partial charge in [0.25, 0.3) is 0 Å². The SMILES string of the molecule is O=C1CC(NCc2cnc3ccccc3c2)CN1. The van der Waals surface area contributed by atoms with Crippen molar-refractivity contribution in [2.24, 2.45) is 0 Å². The molecule has 3 rings (SSSR count). The van der Waals surface area contributed by atoms with E-state index in [9.17, 15) is 4.79 Å². The van der Waals surface area contributed by atoms with Crippen LogP contribution in [-0.2, 0) is 11.3 Å². The van der Waals surface area contributed by atoms with Gasteiger partial charge in [-0.25, -0.2) is 0 Å². The maximum Gasteiger partial charge on any atom is 0.221 e. The topological polar surface area (TPSA) is 54.0 Å². The van der Waals surface area contributed by atoms with Gasteiger partial charge in [0.1, 0.15) is 0 Å². The number of benzene rings is 1. The van der Waals surface area contributed by atoms with E-state index in [1.807, 2.05) is 24.4 Å². The Balaban J connectivity index is 1.69. The summed E-state index contributed by atoms with van der Waals surface area (Å²) >= 11 is 0. The molecule has 4 nitrogen and oxygen atoms in total. The second-order valence-corrected chi connectivity index (χ2v) is 4.62. The maximum atomic E-state index is 11.1. The third-order valence-electron chi connectivity index (χ3n) is 3.22. The van der Waals surface area contributed by atoms with Crippen molar-refractivity contribution in [2.45, 2.75) is 19.0 Å². The molecule has 0 saturated carbocycles. The molecule has 1 fully saturated rings. The number of pyridine rings is 1. The number of carbonyl (C=O) groups is 1. The number of aromatic nitrogens is 1. The summed E-state index contributed by atoms with van der Waals surface area (Å²) in [7, 11) is 0. The predicted molar refractivity (Wildman–Crippen MR) is 70.0 cm³/mol. The number of carbonyl (C=O) groups excluding carboxylic acids is 1. The first-order chi connectivity index (χ1) is 8.81. The van der Waals surface area contributed by atoms with Crippen LogP contribution >= 0.6 is 0 Å². The molecule has 0 bridgehead atoms. The van der Waals surface area contributed by atoms with Crippen LogP contribution in [0.25, 0.3) is 10.9 Å². The summed E-state index contributed by atoms with van der Waals surface area (Å²) in [5, 5.41) is 7.34. The van der Waals surface area contributed by atoms with Crippen LogP contribution in [-0.4, -0.2) is 23.5 Å². The zero-order valence-corrected chi connectivity index (χ0v) is 10.0. The van der Waals surface area contributed by atoms with E-state index in [2.05, 4.69) is 27.8 Å². The van der Waals surface area contributed by atoms with Crippen LogP contribution in [0.2, 0.25) is 0 Å². The van der Waals surface area contributed by atoms with Gasteiger partial charge in [-0.1, -0.05) is 18.2 Å². The number of para-hydroxylation sites is 1. The monoisotopic (exact) mass is 241 g/mol. The van der Waals surface area contributed by atoms with Crippen LogP contribution in [0.5, 0.6) is 0 Å². The van der Waals surface area contributed by atoms with Gasteiger partial charge < -0.3 is 10.6 Å². The molecule has 1 aliphatic heterocycles. The summed E-state index contributed by atoms with van der Waals surface area (Å²) in [5.74, 6) is 0.129. The highest BCUT2D eigenvalue weighted by Gasteiger charge is 2.20. The molecule has 92 valence electrons. The van der Waals surface area contributed by atoms with Crippen LogP contribution in [0.4, 0.5) is 0 Å². The zero-order valence-electron chi connectivity index (χ0n) is 10.0. The van der Waals surface area contributed by atoms with Crippen molar-refractivity contribution in [1.82, 2.24) is 15.6 Å². The Hall–Kier alpha value is -1.94. The van der Waals surface area contributed by atoms with Crippen LogP contribution in [0.15, 0.2) is 36.5 Å². The molecule has 2 N–H and O–H groups in total. The van der Waals surface area contributed by atoms with E-state index in [1.165, 1.54) is 0 Å². The molecule has 0 radical (unpaired) electrons. The number of hydrogen-bond acceptors (Lipinski definition) is 3. The van der Waals surface area contributed by atoms with Crippen molar-refractivity contribution in [3.63, 3.8) is 0 Å². The lowest BCUT2D eigenvalue weighted by Crippen LogP contribution is -2.30. The lowest BCUT2D eigenvalue weighted by atomic mass is 10.1. The van der Waals surface area contributed by atoms with Crippen LogP contribution < -0.4 is 10.6 Å². The van der Waals surface area contributed by atoms with E-state index in [-0.39, 0.29) is 11.9 Å². The number of nitrogens with one attached hydrogen (secondary N) is 2. The van der Waals surface area contributed by atoms with Crippen molar-refractivity contribution in [3.8, 4) is 0 Å². The Labute approximate surface area is 105 Å². The van der Waals surface area contributed by atoms with E-state index < -0.39 is 0 Å². The van der Waals surface area contributed by atoms with Crippen LogP contribution in [0.1, 0.15) is 12.0 Å². The smallest absolute Gasteiger partial charge is 0.221 e. The molecule has 1 atom stereocenters. The summed E-state index contributed by atoms with van der Waals surface area (Å²) < 4.78 is 0.